The summed E-state index contributed by atoms with van der Waals surface area (Å²) in [7, 11) is 0. The second kappa shape index (κ2) is 4.98. The topological polar surface area (TPSA) is 65.2 Å². The van der Waals surface area contributed by atoms with Crippen LogP contribution in [0.2, 0.25) is 0 Å². The van der Waals surface area contributed by atoms with Crippen LogP contribution in [0.1, 0.15) is 12.5 Å². The maximum absolute atomic E-state index is 13.3. The molecule has 0 unspecified atom stereocenters. The maximum atomic E-state index is 13.3. The minimum absolute atomic E-state index is 0.638. The zero-order valence-corrected chi connectivity index (χ0v) is 8.68. The van der Waals surface area contributed by atoms with E-state index < -0.39 is 46.1 Å². The van der Waals surface area contributed by atoms with Gasteiger partial charge in [0.15, 0.2) is 23.3 Å². The van der Waals surface area contributed by atoms with Gasteiger partial charge in [-0.15, -0.1) is 0 Å². The Kier molecular flexibility index (Phi) is 3.84. The van der Waals surface area contributed by atoms with Crippen LogP contribution in [0.15, 0.2) is 10.3 Å². The summed E-state index contributed by atoms with van der Waals surface area (Å²) in [6.07, 6.45) is 0. The molecule has 0 saturated carbocycles. The molecule has 18 heavy (non-hydrogen) atoms. The molecule has 0 amide bonds. The van der Waals surface area contributed by atoms with Gasteiger partial charge in [-0.05, 0) is 6.92 Å². The third kappa shape index (κ3) is 1.98. The smallest absolute Gasteiger partial charge is 0.200 e. The Balaban J connectivity index is 3.71. The molecule has 0 aliphatic heterocycles. The molecule has 98 valence electrons. The molecule has 0 bridgehead atoms. The van der Waals surface area contributed by atoms with Gasteiger partial charge in [0.2, 0.25) is 5.82 Å². The van der Waals surface area contributed by atoms with E-state index >= 15 is 0 Å². The number of halogens is 5. The van der Waals surface area contributed by atoms with E-state index in [0.717, 1.165) is 6.92 Å². The van der Waals surface area contributed by atoms with Crippen molar-refractivity contribution in [3.63, 3.8) is 0 Å². The van der Waals surface area contributed by atoms with E-state index in [9.17, 15) is 22.0 Å². The molecule has 1 aromatic rings. The lowest BCUT2D eigenvalue weighted by molar-refractivity contribution is 0.313. The quantitative estimate of drug-likeness (QED) is 0.216. The van der Waals surface area contributed by atoms with Crippen molar-refractivity contribution in [1.82, 2.24) is 0 Å². The number of hydrogen-bond donors (Lipinski definition) is 2. The summed E-state index contributed by atoms with van der Waals surface area (Å²) in [5.74, 6) is -11.1. The van der Waals surface area contributed by atoms with Gasteiger partial charge >= 0.3 is 0 Å². The highest BCUT2D eigenvalue weighted by Gasteiger charge is 2.29. The van der Waals surface area contributed by atoms with Crippen LogP contribution in [0.4, 0.5) is 22.0 Å². The van der Waals surface area contributed by atoms with Crippen molar-refractivity contribution >= 4 is 11.4 Å². The van der Waals surface area contributed by atoms with Crippen LogP contribution in [-0.2, 0) is 0 Å². The lowest BCUT2D eigenvalue weighted by Gasteiger charge is -2.08. The van der Waals surface area contributed by atoms with Gasteiger partial charge in [0, 0.05) is 0 Å². The van der Waals surface area contributed by atoms with Gasteiger partial charge in [-0.3, -0.25) is 0 Å². The first-order valence-corrected chi connectivity index (χ1v) is 4.29. The largest absolute Gasteiger partial charge is 0.411 e. The maximum Gasteiger partial charge on any atom is 0.200 e. The van der Waals surface area contributed by atoms with E-state index in [4.69, 9.17) is 10.4 Å². The van der Waals surface area contributed by atoms with Crippen molar-refractivity contribution in [2.24, 2.45) is 10.3 Å². The predicted octanol–water partition coefficient (Wildman–Crippen LogP) is 2.41. The van der Waals surface area contributed by atoms with Gasteiger partial charge in [-0.1, -0.05) is 10.3 Å². The van der Waals surface area contributed by atoms with Gasteiger partial charge in [0.05, 0.1) is 5.56 Å². The van der Waals surface area contributed by atoms with Crippen molar-refractivity contribution in [3.8, 4) is 0 Å². The summed E-state index contributed by atoms with van der Waals surface area (Å²) in [5, 5.41) is 21.7. The summed E-state index contributed by atoms with van der Waals surface area (Å²) in [6.45, 7) is 0.938. The molecule has 0 saturated heterocycles. The number of benzene rings is 1. The third-order valence-electron chi connectivity index (χ3n) is 2.04. The second-order valence-corrected chi connectivity index (χ2v) is 3.08. The minimum Gasteiger partial charge on any atom is -0.411 e. The van der Waals surface area contributed by atoms with E-state index in [1.54, 1.807) is 0 Å². The van der Waals surface area contributed by atoms with E-state index in [1.807, 2.05) is 0 Å². The average Bonchev–Trinajstić information content (AvgIpc) is 2.38. The molecule has 1 rings (SSSR count). The molecular weight excluding hydrogens is 263 g/mol. The van der Waals surface area contributed by atoms with Crippen molar-refractivity contribution in [3.05, 3.63) is 34.6 Å². The number of rotatable bonds is 2. The van der Waals surface area contributed by atoms with Crippen LogP contribution in [-0.4, -0.2) is 21.8 Å². The Morgan fingerprint density at radius 2 is 1.17 bits per heavy atom. The summed E-state index contributed by atoms with van der Waals surface area (Å²) < 4.78 is 65.0. The molecule has 0 aliphatic rings. The molecule has 4 nitrogen and oxygen atoms in total. The minimum atomic E-state index is -2.34. The number of nitrogens with zero attached hydrogens (tertiary/aromatic N) is 2. The molecule has 0 aliphatic carbocycles. The third-order valence-corrected chi connectivity index (χ3v) is 2.04. The van der Waals surface area contributed by atoms with Gasteiger partial charge in [-0.25, -0.2) is 22.0 Å². The first-order chi connectivity index (χ1) is 8.36. The summed E-state index contributed by atoms with van der Waals surface area (Å²) in [6, 6.07) is 0. The fourth-order valence-electron chi connectivity index (χ4n) is 1.16. The van der Waals surface area contributed by atoms with E-state index in [2.05, 4.69) is 10.3 Å². The van der Waals surface area contributed by atoms with Crippen LogP contribution in [0.5, 0.6) is 0 Å². The highest BCUT2D eigenvalue weighted by molar-refractivity contribution is 6.47. The molecule has 0 heterocycles. The Labute approximate surface area is 96.6 Å². The van der Waals surface area contributed by atoms with Gasteiger partial charge in [-0.2, -0.15) is 0 Å². The number of hydrogen-bond acceptors (Lipinski definition) is 4. The van der Waals surface area contributed by atoms with Crippen molar-refractivity contribution in [2.45, 2.75) is 6.92 Å². The fraction of sp³-hybridized carbons (Fsp3) is 0.111. The van der Waals surface area contributed by atoms with Crippen LogP contribution < -0.4 is 0 Å². The molecule has 0 radical (unpaired) electrons. The molecule has 0 fully saturated rings. The van der Waals surface area contributed by atoms with Crippen LogP contribution in [0.25, 0.3) is 0 Å². The Bertz CT molecular complexity index is 527. The predicted molar refractivity (Wildman–Crippen MR) is 49.5 cm³/mol. The van der Waals surface area contributed by atoms with Crippen LogP contribution >= 0.6 is 0 Å². The standard InChI is InChI=1S/C9H5F5N2O2/c1-2(15-17)9(16-18)3-4(10)6(12)8(14)7(13)5(3)11/h17-18H,1H3/b15-2+,16-9-. The molecule has 9 heteroatoms. The lowest BCUT2D eigenvalue weighted by Crippen LogP contribution is -2.19. The van der Waals surface area contributed by atoms with E-state index in [0.29, 0.717) is 0 Å². The molecule has 0 spiro atoms. The Morgan fingerprint density at radius 1 is 0.778 bits per heavy atom. The lowest BCUT2D eigenvalue weighted by atomic mass is 10.0. The summed E-state index contributed by atoms with van der Waals surface area (Å²) in [4.78, 5) is 0. The second-order valence-electron chi connectivity index (χ2n) is 3.08. The van der Waals surface area contributed by atoms with E-state index in [-0.39, 0.29) is 0 Å². The van der Waals surface area contributed by atoms with E-state index in [1.165, 1.54) is 0 Å². The first kappa shape index (κ1) is 13.9. The Morgan fingerprint density at radius 3 is 1.50 bits per heavy atom. The van der Waals surface area contributed by atoms with Crippen molar-refractivity contribution < 1.29 is 32.4 Å². The SMILES string of the molecule is CC(=N\O)/C(=N/O)c1c(F)c(F)c(F)c(F)c1F. The van der Waals surface area contributed by atoms with Gasteiger partial charge < -0.3 is 10.4 Å². The summed E-state index contributed by atoms with van der Waals surface area (Å²) >= 11 is 0. The normalized spacial score (nSPS) is 13.0. The van der Waals surface area contributed by atoms with Crippen LogP contribution in [0, 0.1) is 29.1 Å². The zero-order chi connectivity index (χ0) is 14.0. The fourth-order valence-corrected chi connectivity index (χ4v) is 1.16. The molecule has 0 aromatic heterocycles. The molecule has 1 aromatic carbocycles. The monoisotopic (exact) mass is 268 g/mol. The average molecular weight is 268 g/mol. The van der Waals surface area contributed by atoms with Gasteiger partial charge in [0.25, 0.3) is 0 Å². The Hall–Kier alpha value is -2.19. The highest BCUT2D eigenvalue weighted by atomic mass is 19.2. The number of oxime groups is 2. The summed E-state index contributed by atoms with van der Waals surface area (Å²) in [5.41, 5.74) is -3.20. The molecule has 0 atom stereocenters. The van der Waals surface area contributed by atoms with Crippen molar-refractivity contribution in [1.29, 1.82) is 0 Å². The van der Waals surface area contributed by atoms with Gasteiger partial charge in [0.1, 0.15) is 11.4 Å². The molecular formula is C9H5F5N2O2. The highest BCUT2D eigenvalue weighted by Crippen LogP contribution is 2.24. The first-order valence-electron chi connectivity index (χ1n) is 4.29. The van der Waals surface area contributed by atoms with Crippen molar-refractivity contribution in [2.75, 3.05) is 0 Å². The van der Waals surface area contributed by atoms with Crippen LogP contribution in [0.3, 0.4) is 0 Å². The zero-order valence-electron chi connectivity index (χ0n) is 8.68. The molecule has 2 N–H and O–H groups in total.